The average Bonchev–Trinajstić information content (AvgIpc) is 2.81. The van der Waals surface area contributed by atoms with E-state index < -0.39 is 40.5 Å². The van der Waals surface area contributed by atoms with Crippen LogP contribution >= 0.6 is 11.8 Å². The van der Waals surface area contributed by atoms with Gasteiger partial charge >= 0.3 is 11.9 Å². The predicted octanol–water partition coefficient (Wildman–Crippen LogP) is 6.21. The van der Waals surface area contributed by atoms with Gasteiger partial charge < -0.3 is 15.6 Å². The topological polar surface area (TPSA) is 107 Å². The lowest BCUT2D eigenvalue weighted by Gasteiger charge is -2.43. The molecule has 1 unspecified atom stereocenters. The number of thioether (sulfide) groups is 1. The standard InChI is InChI=1S/C28H43NO5S/c1-4-5-6-7-8-9-10-11-13-16-21(28(20(2)3,26(29)31)27(32)33)19-23-24(25(30)34-23)35-22-17-14-12-15-18-22/h12,14-15,17-18,20-21,23-24H,4-11,13,16,19H2,1-3H3,(H2,29,31)(H,32,33)/t21?,23-,24-,28+/m1/s1. The van der Waals surface area contributed by atoms with E-state index in [1.54, 1.807) is 13.8 Å². The molecule has 7 heteroatoms. The van der Waals surface area contributed by atoms with Gasteiger partial charge in [0.2, 0.25) is 5.91 Å². The molecule has 35 heavy (non-hydrogen) atoms. The normalized spacial score (nSPS) is 20.1. The zero-order valence-corrected chi connectivity index (χ0v) is 22.4. The molecule has 0 radical (unpaired) electrons. The van der Waals surface area contributed by atoms with Gasteiger partial charge in [0, 0.05) is 4.90 Å². The maximum absolute atomic E-state index is 12.7. The third-order valence-electron chi connectivity index (χ3n) is 7.33. The Balaban J connectivity index is 2.06. The fourth-order valence-electron chi connectivity index (χ4n) is 5.30. The predicted molar refractivity (Wildman–Crippen MR) is 140 cm³/mol. The number of hydrogen-bond acceptors (Lipinski definition) is 5. The highest BCUT2D eigenvalue weighted by atomic mass is 32.2. The molecule has 1 heterocycles. The molecular formula is C28H43NO5S. The van der Waals surface area contributed by atoms with E-state index >= 15 is 0 Å². The third-order valence-corrected chi connectivity index (χ3v) is 8.63. The smallest absolute Gasteiger partial charge is 0.323 e. The number of cyclic esters (lactones) is 1. The summed E-state index contributed by atoms with van der Waals surface area (Å²) in [6, 6.07) is 9.61. The number of carbonyl (C=O) groups is 3. The Bertz CT molecular complexity index is 799. The van der Waals surface area contributed by atoms with Crippen molar-refractivity contribution in [2.24, 2.45) is 23.0 Å². The van der Waals surface area contributed by atoms with Crippen molar-refractivity contribution < 1.29 is 24.2 Å². The molecule has 0 aromatic heterocycles. The average molecular weight is 506 g/mol. The van der Waals surface area contributed by atoms with E-state index in [-0.39, 0.29) is 5.97 Å². The number of esters is 1. The Morgan fingerprint density at radius 2 is 1.60 bits per heavy atom. The summed E-state index contributed by atoms with van der Waals surface area (Å²) in [5.41, 5.74) is 4.08. The molecule has 1 aliphatic heterocycles. The first kappa shape index (κ1) is 29.2. The molecule has 0 aliphatic carbocycles. The molecular weight excluding hydrogens is 462 g/mol. The van der Waals surface area contributed by atoms with Crippen LogP contribution in [0.3, 0.4) is 0 Å². The minimum atomic E-state index is -1.69. The summed E-state index contributed by atoms with van der Waals surface area (Å²) in [5.74, 6) is -3.26. The lowest BCUT2D eigenvalue weighted by molar-refractivity contribution is -0.173. The first-order valence-corrected chi connectivity index (χ1v) is 14.1. The molecule has 0 spiro atoms. The Labute approximate surface area is 214 Å². The van der Waals surface area contributed by atoms with E-state index in [9.17, 15) is 19.5 Å². The number of carboxylic acid groups (broad SMARTS) is 1. The molecule has 196 valence electrons. The van der Waals surface area contributed by atoms with Crippen molar-refractivity contribution in [3.05, 3.63) is 30.3 Å². The number of hydrogen-bond donors (Lipinski definition) is 2. The molecule has 4 atom stereocenters. The zero-order valence-electron chi connectivity index (χ0n) is 21.5. The number of carbonyl (C=O) groups excluding carboxylic acids is 2. The molecule has 1 saturated heterocycles. The van der Waals surface area contributed by atoms with Gasteiger partial charge in [-0.15, -0.1) is 11.8 Å². The molecule has 1 aliphatic rings. The lowest BCUT2D eigenvalue weighted by atomic mass is 9.63. The van der Waals surface area contributed by atoms with E-state index in [1.165, 1.54) is 50.3 Å². The first-order valence-electron chi connectivity index (χ1n) is 13.2. The molecule has 1 amide bonds. The van der Waals surface area contributed by atoms with Gasteiger partial charge in [0.1, 0.15) is 11.4 Å². The Morgan fingerprint density at radius 1 is 1.03 bits per heavy atom. The van der Waals surface area contributed by atoms with Gasteiger partial charge in [-0.05, 0) is 36.8 Å². The number of unbranched alkanes of at least 4 members (excludes halogenated alkanes) is 8. The van der Waals surface area contributed by atoms with Crippen LogP contribution in [-0.2, 0) is 19.1 Å². The van der Waals surface area contributed by atoms with E-state index in [2.05, 4.69) is 6.92 Å². The summed E-state index contributed by atoms with van der Waals surface area (Å²) in [4.78, 5) is 38.4. The van der Waals surface area contributed by atoms with Crippen LogP contribution in [0.2, 0.25) is 0 Å². The van der Waals surface area contributed by atoms with Gasteiger partial charge in [0.05, 0.1) is 0 Å². The number of amides is 1. The highest BCUT2D eigenvalue weighted by Gasteiger charge is 2.56. The number of ether oxygens (including phenoxy) is 1. The van der Waals surface area contributed by atoms with Crippen LogP contribution in [0.1, 0.15) is 91.4 Å². The summed E-state index contributed by atoms with van der Waals surface area (Å²) in [6.07, 6.45) is 10.8. The second kappa shape index (κ2) is 14.5. The van der Waals surface area contributed by atoms with Crippen LogP contribution in [0.4, 0.5) is 0 Å². The van der Waals surface area contributed by atoms with Crippen LogP contribution in [0, 0.1) is 17.3 Å². The second-order valence-electron chi connectivity index (χ2n) is 10.1. The van der Waals surface area contributed by atoms with Gasteiger partial charge in [-0.1, -0.05) is 96.8 Å². The molecule has 2 rings (SSSR count). The van der Waals surface area contributed by atoms with E-state index in [0.29, 0.717) is 12.8 Å². The number of benzene rings is 1. The van der Waals surface area contributed by atoms with Crippen molar-refractivity contribution in [3.8, 4) is 0 Å². The highest BCUT2D eigenvalue weighted by Crippen LogP contribution is 2.45. The number of rotatable bonds is 18. The van der Waals surface area contributed by atoms with Crippen LogP contribution in [-0.4, -0.2) is 34.3 Å². The number of nitrogens with two attached hydrogens (primary N) is 1. The first-order chi connectivity index (χ1) is 16.7. The lowest BCUT2D eigenvalue weighted by Crippen LogP contribution is -2.56. The van der Waals surface area contributed by atoms with Gasteiger partial charge in [0.15, 0.2) is 5.41 Å². The summed E-state index contributed by atoms with van der Waals surface area (Å²) in [6.45, 7) is 5.69. The summed E-state index contributed by atoms with van der Waals surface area (Å²) in [5, 5.41) is 9.81. The summed E-state index contributed by atoms with van der Waals surface area (Å²) in [7, 11) is 0. The van der Waals surface area contributed by atoms with Crippen molar-refractivity contribution in [3.63, 3.8) is 0 Å². The van der Waals surface area contributed by atoms with Gasteiger partial charge in [-0.25, -0.2) is 0 Å². The Kier molecular flexibility index (Phi) is 12.1. The molecule has 0 saturated carbocycles. The van der Waals surface area contributed by atoms with Crippen LogP contribution in [0.15, 0.2) is 35.2 Å². The fourth-order valence-corrected chi connectivity index (χ4v) is 6.37. The van der Waals surface area contributed by atoms with Crippen molar-refractivity contribution in [1.82, 2.24) is 0 Å². The SMILES string of the molecule is CCCCCCCCCCCC(C[C@H]1OC(=O)[C@@H]1Sc1ccccc1)[C@@](C(N)=O)(C(=O)O)C(C)C. The largest absolute Gasteiger partial charge is 0.480 e. The van der Waals surface area contributed by atoms with Crippen LogP contribution < -0.4 is 5.73 Å². The molecule has 6 nitrogen and oxygen atoms in total. The quantitative estimate of drug-likeness (QED) is 0.139. The van der Waals surface area contributed by atoms with E-state index in [0.717, 1.165) is 24.2 Å². The minimum Gasteiger partial charge on any atom is -0.480 e. The van der Waals surface area contributed by atoms with E-state index in [4.69, 9.17) is 10.5 Å². The molecule has 0 bridgehead atoms. The minimum absolute atomic E-state index is 0.296. The Morgan fingerprint density at radius 3 is 2.09 bits per heavy atom. The molecule has 1 aromatic carbocycles. The van der Waals surface area contributed by atoms with Crippen LogP contribution in [0.5, 0.6) is 0 Å². The summed E-state index contributed by atoms with van der Waals surface area (Å²) >= 11 is 1.43. The van der Waals surface area contributed by atoms with Gasteiger partial charge in [0.25, 0.3) is 0 Å². The maximum atomic E-state index is 12.7. The van der Waals surface area contributed by atoms with Crippen LogP contribution in [0.25, 0.3) is 0 Å². The van der Waals surface area contributed by atoms with Gasteiger partial charge in [-0.2, -0.15) is 0 Å². The van der Waals surface area contributed by atoms with Crippen molar-refractivity contribution >= 4 is 29.6 Å². The highest BCUT2D eigenvalue weighted by molar-refractivity contribution is 8.00. The van der Waals surface area contributed by atoms with Crippen molar-refractivity contribution in [2.45, 2.75) is 108 Å². The monoisotopic (exact) mass is 505 g/mol. The fraction of sp³-hybridized carbons (Fsp3) is 0.679. The number of primary amides is 1. The maximum Gasteiger partial charge on any atom is 0.323 e. The number of aliphatic carboxylic acids is 1. The van der Waals surface area contributed by atoms with E-state index in [1.807, 2.05) is 30.3 Å². The molecule has 1 aromatic rings. The molecule has 1 fully saturated rings. The second-order valence-corrected chi connectivity index (χ2v) is 11.3. The summed E-state index contributed by atoms with van der Waals surface area (Å²) < 4.78 is 5.48. The van der Waals surface area contributed by atoms with Crippen molar-refractivity contribution in [2.75, 3.05) is 0 Å². The third kappa shape index (κ3) is 7.73. The Hall–Kier alpha value is -2.02. The molecule has 3 N–H and O–H groups in total. The van der Waals surface area contributed by atoms with Crippen molar-refractivity contribution in [1.29, 1.82) is 0 Å². The zero-order chi connectivity index (χ0) is 25.8. The number of carboxylic acids is 1. The van der Waals surface area contributed by atoms with Gasteiger partial charge in [-0.3, -0.25) is 14.4 Å².